The van der Waals surface area contributed by atoms with E-state index in [4.69, 9.17) is 0 Å². The smallest absolute Gasteiger partial charge is 0.0242 e. The van der Waals surface area contributed by atoms with Gasteiger partial charge in [0.2, 0.25) is 0 Å². The molecule has 0 amide bonds. The van der Waals surface area contributed by atoms with Crippen molar-refractivity contribution in [1.29, 1.82) is 0 Å². The summed E-state index contributed by atoms with van der Waals surface area (Å²) >= 11 is 0. The SMILES string of the molecule is CC(C)N1CCC(N2CCC(CN3C4CC3CN(C(C)(C)C)C4)CC2)CC1. The zero-order valence-corrected chi connectivity index (χ0v) is 18.7. The van der Waals surface area contributed by atoms with Crippen LogP contribution in [0.5, 0.6) is 0 Å². The van der Waals surface area contributed by atoms with E-state index < -0.39 is 0 Å². The molecular formula is C23H44N4. The van der Waals surface area contributed by atoms with Gasteiger partial charge in [0.05, 0.1) is 0 Å². The van der Waals surface area contributed by atoms with Crippen LogP contribution < -0.4 is 0 Å². The number of likely N-dealkylation sites (tertiary alicyclic amines) is 4. The third-order valence-corrected chi connectivity index (χ3v) is 8.16. The quantitative estimate of drug-likeness (QED) is 0.747. The first-order valence-corrected chi connectivity index (χ1v) is 11.8. The molecule has 2 unspecified atom stereocenters. The maximum atomic E-state index is 2.88. The normalized spacial score (nSPS) is 33.6. The molecule has 0 aromatic heterocycles. The Morgan fingerprint density at radius 3 is 1.93 bits per heavy atom. The number of piperidine rings is 3. The second-order valence-corrected chi connectivity index (χ2v) is 11.2. The molecule has 0 aliphatic carbocycles. The van der Waals surface area contributed by atoms with Crippen LogP contribution in [0.15, 0.2) is 0 Å². The van der Waals surface area contributed by atoms with Crippen LogP contribution in [0.1, 0.15) is 66.7 Å². The molecule has 0 saturated carbocycles. The molecule has 4 heteroatoms. The predicted octanol–water partition coefficient (Wildman–Crippen LogP) is 3.13. The summed E-state index contributed by atoms with van der Waals surface area (Å²) < 4.78 is 0. The lowest BCUT2D eigenvalue weighted by atomic mass is 9.82. The van der Waals surface area contributed by atoms with E-state index in [9.17, 15) is 0 Å². The van der Waals surface area contributed by atoms with Crippen LogP contribution in [-0.2, 0) is 0 Å². The summed E-state index contributed by atoms with van der Waals surface area (Å²) in [5.41, 5.74) is 0.347. The standard InChI is InChI=1S/C23H44N4/c1-18(2)24-12-8-20(9-13-24)25-10-6-19(7-11-25)15-27-21-14-22(27)17-26(16-21)23(3,4)5/h18-22H,6-17H2,1-5H3. The maximum Gasteiger partial charge on any atom is 0.0242 e. The Balaban J connectivity index is 1.19. The van der Waals surface area contributed by atoms with Crippen molar-refractivity contribution < 1.29 is 0 Å². The molecule has 4 fully saturated rings. The molecule has 0 aromatic rings. The highest BCUT2D eigenvalue weighted by molar-refractivity contribution is 5.03. The van der Waals surface area contributed by atoms with Crippen molar-refractivity contribution in [3.63, 3.8) is 0 Å². The molecule has 0 radical (unpaired) electrons. The van der Waals surface area contributed by atoms with Crippen LogP contribution in [0.25, 0.3) is 0 Å². The largest absolute Gasteiger partial charge is 0.301 e. The number of hydrogen-bond acceptors (Lipinski definition) is 4. The minimum absolute atomic E-state index is 0.347. The Kier molecular flexibility index (Phi) is 5.91. The molecule has 2 atom stereocenters. The number of hydrogen-bond donors (Lipinski definition) is 0. The molecule has 156 valence electrons. The van der Waals surface area contributed by atoms with Crippen molar-refractivity contribution in [1.82, 2.24) is 19.6 Å². The van der Waals surface area contributed by atoms with Crippen molar-refractivity contribution >= 4 is 0 Å². The first-order valence-electron chi connectivity index (χ1n) is 11.8. The summed E-state index contributed by atoms with van der Waals surface area (Å²) in [6, 6.07) is 3.29. The fourth-order valence-electron chi connectivity index (χ4n) is 6.10. The van der Waals surface area contributed by atoms with Gasteiger partial charge >= 0.3 is 0 Å². The summed E-state index contributed by atoms with van der Waals surface area (Å²) in [6.07, 6.45) is 7.11. The summed E-state index contributed by atoms with van der Waals surface area (Å²) in [5, 5.41) is 0. The summed E-state index contributed by atoms with van der Waals surface area (Å²) in [7, 11) is 0. The highest BCUT2D eigenvalue weighted by atomic mass is 15.4. The molecule has 4 aliphatic rings. The van der Waals surface area contributed by atoms with Crippen LogP contribution in [0.3, 0.4) is 0 Å². The fraction of sp³-hybridized carbons (Fsp3) is 1.00. The Bertz CT molecular complexity index is 471. The van der Waals surface area contributed by atoms with Gasteiger partial charge < -0.3 is 9.80 Å². The first-order chi connectivity index (χ1) is 12.8. The van der Waals surface area contributed by atoms with Crippen molar-refractivity contribution in [2.75, 3.05) is 45.8 Å². The van der Waals surface area contributed by atoms with Gasteiger partial charge in [-0.2, -0.15) is 0 Å². The topological polar surface area (TPSA) is 13.0 Å². The van der Waals surface area contributed by atoms with Gasteiger partial charge in [0.1, 0.15) is 0 Å². The molecule has 0 N–H and O–H groups in total. The molecular weight excluding hydrogens is 332 g/mol. The molecule has 0 spiro atoms. The van der Waals surface area contributed by atoms with Crippen molar-refractivity contribution in [2.45, 2.75) is 96.4 Å². The van der Waals surface area contributed by atoms with Gasteiger partial charge in [-0.1, -0.05) is 0 Å². The molecule has 27 heavy (non-hydrogen) atoms. The first kappa shape index (κ1) is 20.1. The molecule has 4 saturated heterocycles. The number of piperazine rings is 1. The molecule has 4 aliphatic heterocycles. The Labute approximate surface area is 168 Å². The van der Waals surface area contributed by atoms with Crippen LogP contribution in [0.2, 0.25) is 0 Å². The summed E-state index contributed by atoms with van der Waals surface area (Å²) in [6.45, 7) is 21.1. The zero-order chi connectivity index (χ0) is 19.2. The number of fused-ring (bicyclic) bond motifs is 2. The van der Waals surface area contributed by atoms with Crippen molar-refractivity contribution in [3.05, 3.63) is 0 Å². The lowest BCUT2D eigenvalue weighted by Gasteiger charge is -2.60. The van der Waals surface area contributed by atoms with E-state index in [0.29, 0.717) is 5.54 Å². The lowest BCUT2D eigenvalue weighted by molar-refractivity contribution is -0.104. The van der Waals surface area contributed by atoms with Gasteiger partial charge in [0.25, 0.3) is 0 Å². The van der Waals surface area contributed by atoms with Crippen molar-refractivity contribution in [3.8, 4) is 0 Å². The van der Waals surface area contributed by atoms with Gasteiger partial charge in [0.15, 0.2) is 0 Å². The Hall–Kier alpha value is -0.160. The van der Waals surface area contributed by atoms with Gasteiger partial charge in [0, 0.05) is 49.3 Å². The average Bonchev–Trinajstić information content (AvgIpc) is 2.66. The number of nitrogens with zero attached hydrogens (tertiary/aromatic N) is 4. The van der Waals surface area contributed by atoms with E-state index in [1.54, 1.807) is 0 Å². The summed E-state index contributed by atoms with van der Waals surface area (Å²) in [5.74, 6) is 0.948. The minimum Gasteiger partial charge on any atom is -0.301 e. The molecule has 4 rings (SSSR count). The minimum atomic E-state index is 0.347. The van der Waals surface area contributed by atoms with E-state index in [0.717, 1.165) is 30.1 Å². The predicted molar refractivity (Wildman–Crippen MR) is 114 cm³/mol. The van der Waals surface area contributed by atoms with E-state index >= 15 is 0 Å². The Morgan fingerprint density at radius 1 is 0.815 bits per heavy atom. The maximum absolute atomic E-state index is 2.88. The van der Waals surface area contributed by atoms with Crippen molar-refractivity contribution in [2.24, 2.45) is 5.92 Å². The second kappa shape index (κ2) is 7.93. The fourth-order valence-corrected chi connectivity index (χ4v) is 6.10. The van der Waals surface area contributed by atoms with E-state index in [1.165, 1.54) is 77.9 Å². The van der Waals surface area contributed by atoms with Gasteiger partial charge in [-0.25, -0.2) is 0 Å². The molecule has 4 nitrogen and oxygen atoms in total. The third-order valence-electron chi connectivity index (χ3n) is 8.16. The highest BCUT2D eigenvalue weighted by Gasteiger charge is 2.47. The van der Waals surface area contributed by atoms with Gasteiger partial charge in [-0.3, -0.25) is 9.80 Å². The van der Waals surface area contributed by atoms with E-state index in [-0.39, 0.29) is 0 Å². The van der Waals surface area contributed by atoms with E-state index in [1.807, 2.05) is 0 Å². The zero-order valence-electron chi connectivity index (χ0n) is 18.7. The van der Waals surface area contributed by atoms with Gasteiger partial charge in [-0.15, -0.1) is 0 Å². The Morgan fingerprint density at radius 2 is 1.41 bits per heavy atom. The third kappa shape index (κ3) is 4.39. The van der Waals surface area contributed by atoms with Crippen LogP contribution in [0.4, 0.5) is 0 Å². The average molecular weight is 377 g/mol. The highest BCUT2D eigenvalue weighted by Crippen LogP contribution is 2.37. The lowest BCUT2D eigenvalue weighted by Crippen LogP contribution is -2.71. The summed E-state index contributed by atoms with van der Waals surface area (Å²) in [4.78, 5) is 11.1. The van der Waals surface area contributed by atoms with Crippen LogP contribution >= 0.6 is 0 Å². The number of rotatable bonds is 4. The molecule has 0 aromatic carbocycles. The second-order valence-electron chi connectivity index (χ2n) is 11.2. The van der Waals surface area contributed by atoms with Crippen LogP contribution in [-0.4, -0.2) is 95.1 Å². The van der Waals surface area contributed by atoms with Gasteiger partial charge in [-0.05, 0) is 98.8 Å². The molecule has 4 heterocycles. The monoisotopic (exact) mass is 376 g/mol. The van der Waals surface area contributed by atoms with E-state index in [2.05, 4.69) is 54.2 Å². The molecule has 2 bridgehead atoms. The van der Waals surface area contributed by atoms with Crippen LogP contribution in [0, 0.1) is 5.92 Å².